The van der Waals surface area contributed by atoms with Gasteiger partial charge in [0.05, 0.1) is 18.3 Å². The Morgan fingerprint density at radius 3 is 2.69 bits per heavy atom. The van der Waals surface area contributed by atoms with Crippen LogP contribution >= 0.6 is 24.0 Å². The number of rotatable bonds is 4. The largest absolute Gasteiger partial charge is 0.444 e. The summed E-state index contributed by atoms with van der Waals surface area (Å²) in [6, 6.07) is 6.21. The lowest BCUT2D eigenvalue weighted by Gasteiger charge is -2.40. The minimum Gasteiger partial charge on any atom is -0.444 e. The number of ether oxygens (including phenoxy) is 1. The zero-order valence-electron chi connectivity index (χ0n) is 17.7. The number of nitrogens with one attached hydrogen (secondary N) is 2. The van der Waals surface area contributed by atoms with E-state index in [-0.39, 0.29) is 36.1 Å². The molecule has 2 aromatic rings. The number of amides is 1. The first-order valence-electron chi connectivity index (χ1n) is 9.71. The fraction of sp³-hybridized carbons (Fsp3) is 0.550. The van der Waals surface area contributed by atoms with Crippen LogP contribution in [0.5, 0.6) is 0 Å². The highest BCUT2D eigenvalue weighted by atomic mass is 127. The molecule has 1 fully saturated rings. The van der Waals surface area contributed by atoms with Crippen molar-refractivity contribution in [1.29, 1.82) is 0 Å². The monoisotopic (exact) mass is 514 g/mol. The zero-order chi connectivity index (χ0) is 20.3. The highest BCUT2D eigenvalue weighted by Crippen LogP contribution is 2.15. The molecule has 0 radical (unpaired) electrons. The van der Waals surface area contributed by atoms with Crippen molar-refractivity contribution in [1.82, 2.24) is 24.9 Å². The number of fused-ring (bicyclic) bond motifs is 1. The van der Waals surface area contributed by atoms with Gasteiger partial charge in [-0.3, -0.25) is 0 Å². The summed E-state index contributed by atoms with van der Waals surface area (Å²) in [5.41, 5.74) is 2.51. The number of aromatic nitrogens is 2. The molecule has 0 aromatic carbocycles. The van der Waals surface area contributed by atoms with Crippen molar-refractivity contribution in [2.24, 2.45) is 4.99 Å². The van der Waals surface area contributed by atoms with Crippen molar-refractivity contribution in [3.05, 3.63) is 35.8 Å². The van der Waals surface area contributed by atoms with Crippen LogP contribution in [0.1, 0.15) is 39.1 Å². The highest BCUT2D eigenvalue weighted by Gasteiger charge is 2.34. The number of nitrogens with zero attached hydrogens (tertiary/aromatic N) is 4. The molecule has 2 aromatic heterocycles. The third-order valence-corrected chi connectivity index (χ3v) is 4.36. The smallest absolute Gasteiger partial charge is 0.410 e. The van der Waals surface area contributed by atoms with Crippen molar-refractivity contribution in [3.63, 3.8) is 0 Å². The Kier molecular flexibility index (Phi) is 7.73. The van der Waals surface area contributed by atoms with Crippen molar-refractivity contribution < 1.29 is 9.53 Å². The normalized spacial score (nSPS) is 14.9. The fourth-order valence-corrected chi connectivity index (χ4v) is 2.99. The van der Waals surface area contributed by atoms with Gasteiger partial charge in [0.25, 0.3) is 0 Å². The third kappa shape index (κ3) is 6.22. The Morgan fingerprint density at radius 2 is 2.07 bits per heavy atom. The molecule has 8 nitrogen and oxygen atoms in total. The summed E-state index contributed by atoms with van der Waals surface area (Å²) in [7, 11) is 0. The topological polar surface area (TPSA) is 83.3 Å². The molecule has 9 heteroatoms. The molecule has 160 valence electrons. The second kappa shape index (κ2) is 9.64. The quantitative estimate of drug-likeness (QED) is 0.373. The molecule has 0 saturated carbocycles. The second-order valence-corrected chi connectivity index (χ2v) is 8.05. The van der Waals surface area contributed by atoms with E-state index in [9.17, 15) is 4.79 Å². The van der Waals surface area contributed by atoms with Crippen molar-refractivity contribution in [2.45, 2.75) is 52.8 Å². The molecule has 0 aliphatic carbocycles. The number of aryl methyl sites for hydroxylation is 1. The number of aliphatic imine (C=N–C) groups is 1. The fourth-order valence-electron chi connectivity index (χ4n) is 2.99. The van der Waals surface area contributed by atoms with Gasteiger partial charge in [0.2, 0.25) is 0 Å². The molecular formula is C20H31IN6O2. The van der Waals surface area contributed by atoms with Crippen molar-refractivity contribution in [3.8, 4) is 0 Å². The molecule has 0 unspecified atom stereocenters. The molecule has 1 aliphatic rings. The average Bonchev–Trinajstić information content (AvgIpc) is 2.98. The first-order chi connectivity index (χ1) is 13.2. The number of halogens is 1. The Morgan fingerprint density at radius 1 is 1.34 bits per heavy atom. The maximum Gasteiger partial charge on any atom is 0.410 e. The van der Waals surface area contributed by atoms with Gasteiger partial charge >= 0.3 is 6.09 Å². The van der Waals surface area contributed by atoms with E-state index >= 15 is 0 Å². The van der Waals surface area contributed by atoms with Gasteiger partial charge in [0, 0.05) is 31.5 Å². The van der Waals surface area contributed by atoms with Crippen LogP contribution in [0.4, 0.5) is 4.79 Å². The minimum atomic E-state index is -0.474. The van der Waals surface area contributed by atoms with Crippen LogP contribution in [0.25, 0.3) is 5.65 Å². The minimum absolute atomic E-state index is 0. The molecule has 3 rings (SSSR count). The van der Waals surface area contributed by atoms with Crippen LogP contribution in [0.3, 0.4) is 0 Å². The Labute approximate surface area is 189 Å². The molecule has 0 bridgehead atoms. The first kappa shape index (κ1) is 23.2. The van der Waals surface area contributed by atoms with Gasteiger partial charge in [-0.1, -0.05) is 6.07 Å². The number of carbonyl (C=O) groups excluding carboxylic acids is 1. The van der Waals surface area contributed by atoms with E-state index in [1.807, 2.05) is 46.0 Å². The lowest BCUT2D eigenvalue weighted by atomic mass is 10.1. The number of pyridine rings is 1. The van der Waals surface area contributed by atoms with E-state index in [2.05, 4.69) is 38.0 Å². The van der Waals surface area contributed by atoms with Crippen molar-refractivity contribution in [2.75, 3.05) is 19.6 Å². The van der Waals surface area contributed by atoms with Crippen LogP contribution in [-0.4, -0.2) is 57.6 Å². The van der Waals surface area contributed by atoms with Crippen LogP contribution in [0, 0.1) is 6.92 Å². The van der Waals surface area contributed by atoms with Gasteiger partial charge in [0.1, 0.15) is 11.2 Å². The number of hydrogen-bond donors (Lipinski definition) is 2. The molecule has 1 saturated heterocycles. The molecular weight excluding hydrogens is 483 g/mol. The molecule has 29 heavy (non-hydrogen) atoms. The number of imidazole rings is 1. The Balaban J connectivity index is 0.00000300. The van der Waals surface area contributed by atoms with Gasteiger partial charge in [-0.2, -0.15) is 0 Å². The zero-order valence-corrected chi connectivity index (χ0v) is 20.1. The maximum absolute atomic E-state index is 12.0. The molecule has 2 N–H and O–H groups in total. The average molecular weight is 514 g/mol. The Bertz CT molecular complexity index is 867. The van der Waals surface area contributed by atoms with Crippen molar-refractivity contribution >= 4 is 41.7 Å². The van der Waals surface area contributed by atoms with Gasteiger partial charge in [-0.25, -0.2) is 14.8 Å². The summed E-state index contributed by atoms with van der Waals surface area (Å²) >= 11 is 0. The third-order valence-electron chi connectivity index (χ3n) is 4.36. The van der Waals surface area contributed by atoms with E-state index in [0.29, 0.717) is 19.6 Å². The summed E-state index contributed by atoms with van der Waals surface area (Å²) in [5.74, 6) is 0.727. The van der Waals surface area contributed by atoms with E-state index < -0.39 is 5.60 Å². The summed E-state index contributed by atoms with van der Waals surface area (Å²) in [5, 5.41) is 6.62. The molecule has 1 aliphatic heterocycles. The summed E-state index contributed by atoms with van der Waals surface area (Å²) in [6.07, 6.45) is 1.75. The van der Waals surface area contributed by atoms with E-state index in [0.717, 1.165) is 29.5 Å². The lowest BCUT2D eigenvalue weighted by Crippen LogP contribution is -2.63. The number of hydrogen-bond acceptors (Lipinski definition) is 4. The molecule has 0 atom stereocenters. The van der Waals surface area contributed by atoms with Gasteiger partial charge < -0.3 is 24.7 Å². The predicted octanol–water partition coefficient (Wildman–Crippen LogP) is 2.94. The van der Waals surface area contributed by atoms with Crippen LogP contribution in [0.2, 0.25) is 0 Å². The number of guanidine groups is 1. The number of likely N-dealkylation sites (tertiary alicyclic amines) is 1. The van der Waals surface area contributed by atoms with E-state index in [1.54, 1.807) is 4.90 Å². The number of carbonyl (C=O) groups is 1. The van der Waals surface area contributed by atoms with Gasteiger partial charge in [-0.05, 0) is 46.8 Å². The van der Waals surface area contributed by atoms with Crippen LogP contribution in [0.15, 0.2) is 29.4 Å². The van der Waals surface area contributed by atoms with Gasteiger partial charge in [0.15, 0.2) is 5.96 Å². The summed E-state index contributed by atoms with van der Waals surface area (Å²) < 4.78 is 7.45. The van der Waals surface area contributed by atoms with E-state index in [1.165, 1.54) is 0 Å². The second-order valence-electron chi connectivity index (χ2n) is 8.05. The molecule has 1 amide bonds. The van der Waals surface area contributed by atoms with Crippen LogP contribution < -0.4 is 10.6 Å². The lowest BCUT2D eigenvalue weighted by molar-refractivity contribution is 0.00701. The molecule has 3 heterocycles. The summed E-state index contributed by atoms with van der Waals surface area (Å²) in [6.45, 7) is 12.2. The SMILES string of the molecule is CCNC(=NCc1cn2c(C)cccc2n1)NC1CN(C(=O)OC(C)(C)C)C1.I. The highest BCUT2D eigenvalue weighted by molar-refractivity contribution is 14.0. The first-order valence-corrected chi connectivity index (χ1v) is 9.71. The molecule has 0 spiro atoms. The van der Waals surface area contributed by atoms with Crippen LogP contribution in [-0.2, 0) is 11.3 Å². The summed E-state index contributed by atoms with van der Waals surface area (Å²) in [4.78, 5) is 23.0. The standard InChI is InChI=1S/C20H30N6O2.HI/c1-6-21-18(24-16-11-25(12-16)19(27)28-20(3,4)5)22-10-15-13-26-14(2)8-7-9-17(26)23-15;/h7-9,13,16H,6,10-12H2,1-5H3,(H2,21,22,24);1H. The van der Waals surface area contributed by atoms with Gasteiger partial charge in [-0.15, -0.1) is 24.0 Å². The Hall–Kier alpha value is -2.04. The predicted molar refractivity (Wildman–Crippen MR) is 125 cm³/mol. The maximum atomic E-state index is 12.0. The van der Waals surface area contributed by atoms with E-state index in [4.69, 9.17) is 4.74 Å².